The summed E-state index contributed by atoms with van der Waals surface area (Å²) in [5.41, 5.74) is -1.06. The Bertz CT molecular complexity index is 387. The maximum atomic E-state index is 12.3. The van der Waals surface area contributed by atoms with Crippen LogP contribution in [0, 0.1) is 6.92 Å². The minimum absolute atomic E-state index is 0.00741. The predicted octanol–water partition coefficient (Wildman–Crippen LogP) is 2.33. The summed E-state index contributed by atoms with van der Waals surface area (Å²) >= 11 is 0. The Kier molecular flexibility index (Phi) is 2.97. The van der Waals surface area contributed by atoms with Crippen LogP contribution in [0.15, 0.2) is 12.3 Å². The standard InChI is InChI=1S/C9H8F3NO2/c1-5-3-7(15-6(2)14)4-13-8(5)9(10,11)12/h3-4H,1-2H3. The lowest BCUT2D eigenvalue weighted by Gasteiger charge is -2.09. The van der Waals surface area contributed by atoms with Crippen LogP contribution in [0.5, 0.6) is 5.75 Å². The molecule has 0 N–H and O–H groups in total. The number of alkyl halides is 3. The average molecular weight is 219 g/mol. The van der Waals surface area contributed by atoms with Crippen LogP contribution in [-0.2, 0) is 11.0 Å². The van der Waals surface area contributed by atoms with Crippen LogP contribution in [0.2, 0.25) is 0 Å². The van der Waals surface area contributed by atoms with E-state index >= 15 is 0 Å². The van der Waals surface area contributed by atoms with E-state index in [1.165, 1.54) is 6.92 Å². The number of carbonyl (C=O) groups excluding carboxylic acids is 1. The highest BCUT2D eigenvalue weighted by Gasteiger charge is 2.34. The average Bonchev–Trinajstić information content (AvgIpc) is 1.99. The Morgan fingerprint density at radius 2 is 2.07 bits per heavy atom. The summed E-state index contributed by atoms with van der Waals surface area (Å²) in [6.07, 6.45) is -3.62. The number of aromatic nitrogens is 1. The molecule has 15 heavy (non-hydrogen) atoms. The van der Waals surface area contributed by atoms with E-state index in [4.69, 9.17) is 0 Å². The minimum atomic E-state index is -4.49. The van der Waals surface area contributed by atoms with Crippen molar-refractivity contribution in [2.24, 2.45) is 0 Å². The van der Waals surface area contributed by atoms with Gasteiger partial charge >= 0.3 is 12.1 Å². The third kappa shape index (κ3) is 2.93. The van der Waals surface area contributed by atoms with Gasteiger partial charge in [0.1, 0.15) is 11.4 Å². The maximum absolute atomic E-state index is 12.3. The molecule has 0 aromatic carbocycles. The summed E-state index contributed by atoms with van der Waals surface area (Å²) in [5.74, 6) is -0.594. The smallest absolute Gasteiger partial charge is 0.425 e. The highest BCUT2D eigenvalue weighted by molar-refractivity contribution is 5.69. The van der Waals surface area contributed by atoms with Crippen LogP contribution in [0.3, 0.4) is 0 Å². The Labute approximate surface area is 83.9 Å². The molecule has 0 amide bonds. The summed E-state index contributed by atoms with van der Waals surface area (Å²) < 4.78 is 41.4. The first-order chi connectivity index (χ1) is 6.80. The number of pyridine rings is 1. The van der Waals surface area contributed by atoms with Crippen LogP contribution < -0.4 is 4.74 Å². The zero-order valence-electron chi connectivity index (χ0n) is 8.05. The van der Waals surface area contributed by atoms with Crippen LogP contribution >= 0.6 is 0 Å². The molecule has 0 saturated heterocycles. The fourth-order valence-corrected chi connectivity index (χ4v) is 1.07. The van der Waals surface area contributed by atoms with E-state index in [9.17, 15) is 18.0 Å². The normalized spacial score (nSPS) is 11.3. The first-order valence-corrected chi connectivity index (χ1v) is 4.03. The number of carbonyl (C=O) groups is 1. The second-order valence-electron chi connectivity index (χ2n) is 2.93. The van der Waals surface area contributed by atoms with Crippen molar-refractivity contribution in [2.75, 3.05) is 0 Å². The molecule has 6 heteroatoms. The predicted molar refractivity (Wildman–Crippen MR) is 45.3 cm³/mol. The third-order valence-electron chi connectivity index (χ3n) is 1.58. The van der Waals surface area contributed by atoms with E-state index < -0.39 is 17.8 Å². The molecule has 0 atom stereocenters. The Balaban J connectivity index is 3.04. The number of rotatable bonds is 1. The van der Waals surface area contributed by atoms with Gasteiger partial charge in [-0.05, 0) is 18.6 Å². The molecule has 1 aromatic rings. The number of halogens is 3. The van der Waals surface area contributed by atoms with E-state index in [-0.39, 0.29) is 11.3 Å². The van der Waals surface area contributed by atoms with Crippen LogP contribution in [-0.4, -0.2) is 11.0 Å². The zero-order chi connectivity index (χ0) is 11.6. The van der Waals surface area contributed by atoms with Gasteiger partial charge < -0.3 is 4.74 Å². The van der Waals surface area contributed by atoms with Crippen LogP contribution in [0.1, 0.15) is 18.2 Å². The van der Waals surface area contributed by atoms with Crippen molar-refractivity contribution in [3.8, 4) is 5.75 Å². The molecule has 0 bridgehead atoms. The van der Waals surface area contributed by atoms with Gasteiger partial charge in [-0.25, -0.2) is 4.98 Å². The van der Waals surface area contributed by atoms with Gasteiger partial charge in [0.05, 0.1) is 6.20 Å². The Morgan fingerprint density at radius 1 is 1.47 bits per heavy atom. The Hall–Kier alpha value is -1.59. The lowest BCUT2D eigenvalue weighted by Crippen LogP contribution is -2.11. The summed E-state index contributed by atoms with van der Waals surface area (Å²) in [5, 5.41) is 0. The topological polar surface area (TPSA) is 39.2 Å². The third-order valence-corrected chi connectivity index (χ3v) is 1.58. The molecule has 0 fully saturated rings. The van der Waals surface area contributed by atoms with E-state index in [1.54, 1.807) is 0 Å². The van der Waals surface area contributed by atoms with Gasteiger partial charge in [-0.2, -0.15) is 13.2 Å². The van der Waals surface area contributed by atoms with E-state index in [0.29, 0.717) is 0 Å². The summed E-state index contributed by atoms with van der Waals surface area (Å²) in [4.78, 5) is 13.7. The number of aryl methyl sites for hydroxylation is 1. The molecule has 82 valence electrons. The molecular formula is C9H8F3NO2. The molecule has 1 rings (SSSR count). The molecule has 0 aliphatic carbocycles. The van der Waals surface area contributed by atoms with Gasteiger partial charge in [-0.1, -0.05) is 0 Å². The molecule has 0 aliphatic rings. The zero-order valence-corrected chi connectivity index (χ0v) is 8.05. The lowest BCUT2D eigenvalue weighted by molar-refractivity contribution is -0.141. The molecule has 0 spiro atoms. The fourth-order valence-electron chi connectivity index (χ4n) is 1.07. The number of hydrogen-bond donors (Lipinski definition) is 0. The quantitative estimate of drug-likeness (QED) is 0.680. The SMILES string of the molecule is CC(=O)Oc1cnc(C(F)(F)F)c(C)c1. The summed E-state index contributed by atoms with van der Waals surface area (Å²) in [7, 11) is 0. The number of nitrogens with zero attached hydrogens (tertiary/aromatic N) is 1. The molecule has 0 unspecified atom stereocenters. The summed E-state index contributed by atoms with van der Waals surface area (Å²) in [6.45, 7) is 2.41. The van der Waals surface area contributed by atoms with Crippen molar-refractivity contribution in [1.29, 1.82) is 0 Å². The van der Waals surface area contributed by atoms with Crippen molar-refractivity contribution in [1.82, 2.24) is 4.98 Å². The molecule has 0 saturated carbocycles. The van der Waals surface area contributed by atoms with Crippen molar-refractivity contribution in [3.05, 3.63) is 23.5 Å². The monoisotopic (exact) mass is 219 g/mol. The van der Waals surface area contributed by atoms with Crippen molar-refractivity contribution >= 4 is 5.97 Å². The van der Waals surface area contributed by atoms with Crippen molar-refractivity contribution in [3.63, 3.8) is 0 Å². The minimum Gasteiger partial charge on any atom is -0.425 e. The number of ether oxygens (including phenoxy) is 1. The fraction of sp³-hybridized carbons (Fsp3) is 0.333. The van der Waals surface area contributed by atoms with Crippen molar-refractivity contribution in [2.45, 2.75) is 20.0 Å². The summed E-state index contributed by atoms with van der Waals surface area (Å²) in [6, 6.07) is 1.12. The first-order valence-electron chi connectivity index (χ1n) is 4.03. The van der Waals surface area contributed by atoms with Gasteiger partial charge in [0.2, 0.25) is 0 Å². The number of hydrogen-bond acceptors (Lipinski definition) is 3. The second kappa shape index (κ2) is 3.88. The highest BCUT2D eigenvalue weighted by Crippen LogP contribution is 2.31. The van der Waals surface area contributed by atoms with E-state index in [1.807, 2.05) is 0 Å². The van der Waals surface area contributed by atoms with E-state index in [0.717, 1.165) is 19.2 Å². The first kappa shape index (κ1) is 11.5. The molecule has 1 heterocycles. The lowest BCUT2D eigenvalue weighted by atomic mass is 10.2. The van der Waals surface area contributed by atoms with Gasteiger partial charge in [0.15, 0.2) is 0 Å². The molecule has 1 aromatic heterocycles. The number of esters is 1. The Morgan fingerprint density at radius 3 is 2.47 bits per heavy atom. The van der Waals surface area contributed by atoms with E-state index in [2.05, 4.69) is 9.72 Å². The molecule has 0 radical (unpaired) electrons. The molecular weight excluding hydrogens is 211 g/mol. The second-order valence-corrected chi connectivity index (χ2v) is 2.93. The molecule has 0 aliphatic heterocycles. The van der Waals surface area contributed by atoms with Crippen LogP contribution in [0.4, 0.5) is 13.2 Å². The van der Waals surface area contributed by atoms with Crippen molar-refractivity contribution < 1.29 is 22.7 Å². The van der Waals surface area contributed by atoms with Gasteiger partial charge in [-0.3, -0.25) is 4.79 Å². The highest BCUT2D eigenvalue weighted by atomic mass is 19.4. The van der Waals surface area contributed by atoms with Gasteiger partial charge in [0.25, 0.3) is 0 Å². The van der Waals surface area contributed by atoms with Gasteiger partial charge in [0, 0.05) is 6.92 Å². The van der Waals surface area contributed by atoms with Gasteiger partial charge in [-0.15, -0.1) is 0 Å². The van der Waals surface area contributed by atoms with Crippen LogP contribution in [0.25, 0.3) is 0 Å². The molecule has 3 nitrogen and oxygen atoms in total. The maximum Gasteiger partial charge on any atom is 0.433 e. The largest absolute Gasteiger partial charge is 0.433 e.